The van der Waals surface area contributed by atoms with Crippen molar-refractivity contribution < 1.29 is 0 Å². The largest absolute Gasteiger partial charge is 0.401 e. The quantitative estimate of drug-likeness (QED) is 0.471. The number of hydrogen-bond acceptors (Lipinski definition) is 3. The van der Waals surface area contributed by atoms with Crippen LogP contribution in [0.2, 0.25) is 0 Å². The van der Waals surface area contributed by atoms with E-state index in [9.17, 15) is 0 Å². The Bertz CT molecular complexity index is 132. The number of hydrazine groups is 1. The highest BCUT2D eigenvalue weighted by Gasteiger charge is 1.93. The fourth-order valence-electron chi connectivity index (χ4n) is 0.981. The van der Waals surface area contributed by atoms with Gasteiger partial charge in [-0.3, -0.25) is 0 Å². The van der Waals surface area contributed by atoms with Gasteiger partial charge in [-0.05, 0) is 19.3 Å². The van der Waals surface area contributed by atoms with Gasteiger partial charge in [0.05, 0.1) is 0 Å². The predicted octanol–water partition coefficient (Wildman–Crippen LogP) is 1.56. The zero-order chi connectivity index (χ0) is 9.40. The molecule has 0 heterocycles. The summed E-state index contributed by atoms with van der Waals surface area (Å²) in [7, 11) is 0. The van der Waals surface area contributed by atoms with Crippen LogP contribution in [-0.4, -0.2) is 11.6 Å². The highest BCUT2D eigenvalue weighted by Crippen LogP contribution is 2.01. The molecule has 3 heteroatoms. The molecule has 0 amide bonds. The molecule has 72 valence electrons. The SMILES string of the molecule is CCCC/C(N)=C/N(N)CCC. The van der Waals surface area contributed by atoms with Crippen LogP contribution in [0.15, 0.2) is 11.9 Å². The maximum Gasteiger partial charge on any atom is 0.0342 e. The summed E-state index contributed by atoms with van der Waals surface area (Å²) in [6.07, 6.45) is 6.15. The molecule has 4 N–H and O–H groups in total. The third kappa shape index (κ3) is 6.04. The molecule has 0 aromatic heterocycles. The van der Waals surface area contributed by atoms with Gasteiger partial charge in [-0.25, -0.2) is 5.84 Å². The minimum absolute atomic E-state index is 0.868. The zero-order valence-electron chi connectivity index (χ0n) is 8.21. The Morgan fingerprint density at radius 2 is 2.00 bits per heavy atom. The zero-order valence-corrected chi connectivity index (χ0v) is 8.21. The molecule has 0 aliphatic carbocycles. The van der Waals surface area contributed by atoms with Gasteiger partial charge in [0.2, 0.25) is 0 Å². The van der Waals surface area contributed by atoms with Crippen molar-refractivity contribution in [2.24, 2.45) is 11.6 Å². The van der Waals surface area contributed by atoms with E-state index in [2.05, 4.69) is 13.8 Å². The topological polar surface area (TPSA) is 55.3 Å². The molecule has 0 aromatic carbocycles. The Morgan fingerprint density at radius 1 is 1.33 bits per heavy atom. The Balaban J connectivity index is 3.64. The molecule has 0 saturated carbocycles. The van der Waals surface area contributed by atoms with Crippen LogP contribution in [0.5, 0.6) is 0 Å². The lowest BCUT2D eigenvalue weighted by atomic mass is 10.2. The van der Waals surface area contributed by atoms with Gasteiger partial charge in [0.25, 0.3) is 0 Å². The fourth-order valence-corrected chi connectivity index (χ4v) is 0.981. The summed E-state index contributed by atoms with van der Waals surface area (Å²) in [5.41, 5.74) is 6.61. The van der Waals surface area contributed by atoms with Crippen LogP contribution in [0, 0.1) is 0 Å². The molecule has 0 unspecified atom stereocenters. The summed E-state index contributed by atoms with van der Waals surface area (Å²) in [6.45, 7) is 5.11. The van der Waals surface area contributed by atoms with E-state index in [-0.39, 0.29) is 0 Å². The second kappa shape index (κ2) is 6.98. The van der Waals surface area contributed by atoms with Crippen LogP contribution in [0.25, 0.3) is 0 Å². The lowest BCUT2D eigenvalue weighted by molar-refractivity contribution is 0.388. The highest BCUT2D eigenvalue weighted by atomic mass is 15.4. The third-order valence-corrected chi connectivity index (χ3v) is 1.63. The number of allylic oxidation sites excluding steroid dienone is 1. The molecule has 12 heavy (non-hydrogen) atoms. The first-order chi connectivity index (χ1) is 5.70. The van der Waals surface area contributed by atoms with Crippen LogP contribution in [-0.2, 0) is 0 Å². The molecule has 0 aliphatic rings. The van der Waals surface area contributed by atoms with Crippen LogP contribution in [0.1, 0.15) is 39.5 Å². The van der Waals surface area contributed by atoms with Crippen LogP contribution < -0.4 is 11.6 Å². The highest BCUT2D eigenvalue weighted by molar-refractivity contribution is 4.94. The van der Waals surface area contributed by atoms with E-state index in [1.165, 1.54) is 6.42 Å². The summed E-state index contributed by atoms with van der Waals surface area (Å²) < 4.78 is 0. The smallest absolute Gasteiger partial charge is 0.0342 e. The van der Waals surface area contributed by atoms with Crippen molar-refractivity contribution in [1.82, 2.24) is 5.01 Å². The Morgan fingerprint density at radius 3 is 2.50 bits per heavy atom. The molecule has 0 rings (SSSR count). The monoisotopic (exact) mass is 171 g/mol. The number of nitrogens with two attached hydrogens (primary N) is 2. The van der Waals surface area contributed by atoms with Gasteiger partial charge in [-0.2, -0.15) is 0 Å². The van der Waals surface area contributed by atoms with Crippen molar-refractivity contribution in [3.8, 4) is 0 Å². The molecule has 3 nitrogen and oxygen atoms in total. The van der Waals surface area contributed by atoms with E-state index in [0.29, 0.717) is 0 Å². The van der Waals surface area contributed by atoms with Crippen LogP contribution in [0.3, 0.4) is 0 Å². The van der Waals surface area contributed by atoms with Crippen LogP contribution >= 0.6 is 0 Å². The Labute approximate surface area is 75.4 Å². The molecule has 0 fully saturated rings. The molecule has 0 bridgehead atoms. The fraction of sp³-hybridized carbons (Fsp3) is 0.778. The maximum atomic E-state index is 5.73. The van der Waals surface area contributed by atoms with Crippen LogP contribution in [0.4, 0.5) is 0 Å². The predicted molar refractivity (Wildman–Crippen MR) is 53.0 cm³/mol. The van der Waals surface area contributed by atoms with Gasteiger partial charge in [0.15, 0.2) is 0 Å². The van der Waals surface area contributed by atoms with Crippen molar-refractivity contribution in [2.75, 3.05) is 6.54 Å². The lowest BCUT2D eigenvalue weighted by Crippen LogP contribution is -2.27. The van der Waals surface area contributed by atoms with E-state index in [4.69, 9.17) is 11.6 Å². The summed E-state index contributed by atoms with van der Waals surface area (Å²) in [5.74, 6) is 5.63. The van der Waals surface area contributed by atoms with Gasteiger partial charge in [0.1, 0.15) is 0 Å². The molecule has 0 saturated heterocycles. The first-order valence-electron chi connectivity index (χ1n) is 4.68. The van der Waals surface area contributed by atoms with E-state index >= 15 is 0 Å². The second-order valence-electron chi connectivity index (χ2n) is 3.05. The average molecular weight is 171 g/mol. The average Bonchev–Trinajstić information content (AvgIpc) is 2.01. The van der Waals surface area contributed by atoms with Gasteiger partial charge in [-0.15, -0.1) is 0 Å². The van der Waals surface area contributed by atoms with Crippen molar-refractivity contribution in [3.63, 3.8) is 0 Å². The van der Waals surface area contributed by atoms with Gasteiger partial charge >= 0.3 is 0 Å². The van der Waals surface area contributed by atoms with E-state index in [0.717, 1.165) is 31.5 Å². The second-order valence-corrected chi connectivity index (χ2v) is 3.05. The normalized spacial score (nSPS) is 11.8. The van der Waals surface area contributed by atoms with Crippen molar-refractivity contribution in [3.05, 3.63) is 11.9 Å². The van der Waals surface area contributed by atoms with Gasteiger partial charge < -0.3 is 10.7 Å². The first-order valence-corrected chi connectivity index (χ1v) is 4.68. The summed E-state index contributed by atoms with van der Waals surface area (Å²) in [4.78, 5) is 0. The number of hydrogen-bond donors (Lipinski definition) is 2. The Kier molecular flexibility index (Phi) is 6.57. The standard InChI is InChI=1S/C9H21N3/c1-3-5-6-9(10)8-12(11)7-4-2/h8H,3-7,10-11H2,1-2H3/b9-8-. The lowest BCUT2D eigenvalue weighted by Gasteiger charge is -2.13. The van der Waals surface area contributed by atoms with E-state index < -0.39 is 0 Å². The molecule has 0 aromatic rings. The summed E-state index contributed by atoms with van der Waals surface area (Å²) in [5, 5.41) is 1.66. The van der Waals surface area contributed by atoms with Crippen molar-refractivity contribution >= 4 is 0 Å². The minimum atomic E-state index is 0.868. The Hall–Kier alpha value is -0.700. The number of rotatable bonds is 6. The summed E-state index contributed by atoms with van der Waals surface area (Å²) in [6, 6.07) is 0. The van der Waals surface area contributed by atoms with Crippen molar-refractivity contribution in [1.29, 1.82) is 0 Å². The maximum absolute atomic E-state index is 5.73. The molecular formula is C9H21N3. The van der Waals surface area contributed by atoms with Crippen molar-refractivity contribution in [2.45, 2.75) is 39.5 Å². The summed E-state index contributed by atoms with van der Waals surface area (Å²) >= 11 is 0. The van der Waals surface area contributed by atoms with Gasteiger partial charge in [-0.1, -0.05) is 20.3 Å². The molecule has 0 radical (unpaired) electrons. The minimum Gasteiger partial charge on any atom is -0.401 e. The van der Waals surface area contributed by atoms with E-state index in [1.807, 2.05) is 6.20 Å². The first kappa shape index (κ1) is 11.3. The van der Waals surface area contributed by atoms with E-state index in [1.54, 1.807) is 5.01 Å². The molecular weight excluding hydrogens is 150 g/mol. The van der Waals surface area contributed by atoms with Gasteiger partial charge in [0, 0.05) is 18.4 Å². The molecule has 0 aliphatic heterocycles. The number of nitrogens with zero attached hydrogens (tertiary/aromatic N) is 1. The number of unbranched alkanes of at least 4 members (excludes halogenated alkanes) is 1. The molecule has 0 spiro atoms. The molecule has 0 atom stereocenters. The third-order valence-electron chi connectivity index (χ3n) is 1.63.